The summed E-state index contributed by atoms with van der Waals surface area (Å²) in [4.78, 5) is 23.8. The van der Waals surface area contributed by atoms with Gasteiger partial charge in [0.2, 0.25) is 11.8 Å². The minimum atomic E-state index is -0.293. The van der Waals surface area contributed by atoms with Crippen LogP contribution in [0.2, 0.25) is 0 Å². The third kappa shape index (κ3) is 2.20. The van der Waals surface area contributed by atoms with Crippen molar-refractivity contribution in [2.24, 2.45) is 11.7 Å². The fraction of sp³-hybridized carbons (Fsp3) is 0.778. The van der Waals surface area contributed by atoms with Crippen LogP contribution in [-0.4, -0.2) is 29.3 Å². The van der Waals surface area contributed by atoms with Crippen LogP contribution in [0.3, 0.4) is 0 Å². The van der Waals surface area contributed by atoms with E-state index >= 15 is 0 Å². The van der Waals surface area contributed by atoms with E-state index in [0.717, 1.165) is 12.8 Å². The van der Waals surface area contributed by atoms with Crippen LogP contribution < -0.4 is 5.73 Å². The van der Waals surface area contributed by atoms with E-state index in [1.54, 1.807) is 4.90 Å². The Bertz CT molecular complexity index is 228. The van der Waals surface area contributed by atoms with Crippen molar-refractivity contribution in [2.75, 3.05) is 6.54 Å². The van der Waals surface area contributed by atoms with Crippen molar-refractivity contribution in [3.8, 4) is 0 Å². The number of carbonyl (C=O) groups excluding carboxylic acids is 2. The molecule has 74 valence electrons. The number of piperidine rings is 1. The average molecular weight is 184 g/mol. The predicted molar refractivity (Wildman–Crippen MR) is 48.8 cm³/mol. The van der Waals surface area contributed by atoms with E-state index in [1.165, 1.54) is 6.92 Å². The van der Waals surface area contributed by atoms with Crippen LogP contribution in [0.25, 0.3) is 0 Å². The highest BCUT2D eigenvalue weighted by molar-refractivity contribution is 5.79. The van der Waals surface area contributed by atoms with Crippen LogP contribution in [-0.2, 0) is 9.59 Å². The van der Waals surface area contributed by atoms with Gasteiger partial charge in [0.15, 0.2) is 0 Å². The maximum absolute atomic E-state index is 11.2. The van der Waals surface area contributed by atoms with Gasteiger partial charge in [-0.2, -0.15) is 0 Å². The Labute approximate surface area is 78.1 Å². The molecule has 4 heteroatoms. The molecule has 2 amide bonds. The Balaban J connectivity index is 2.63. The van der Waals surface area contributed by atoms with Crippen LogP contribution in [0.4, 0.5) is 0 Å². The van der Waals surface area contributed by atoms with E-state index < -0.39 is 0 Å². The molecule has 1 fully saturated rings. The molecule has 0 aromatic rings. The summed E-state index contributed by atoms with van der Waals surface area (Å²) in [5.74, 6) is -0.420. The first-order valence-electron chi connectivity index (χ1n) is 4.59. The Morgan fingerprint density at radius 2 is 2.00 bits per heavy atom. The molecule has 4 nitrogen and oxygen atoms in total. The minimum Gasteiger partial charge on any atom is -0.369 e. The average Bonchev–Trinajstić information content (AvgIpc) is 2.04. The van der Waals surface area contributed by atoms with Gasteiger partial charge in [0.25, 0.3) is 0 Å². The summed E-state index contributed by atoms with van der Waals surface area (Å²) in [6.07, 6.45) is 1.67. The number of primary amides is 1. The van der Waals surface area contributed by atoms with Gasteiger partial charge in [-0.25, -0.2) is 0 Å². The Morgan fingerprint density at radius 1 is 1.38 bits per heavy atom. The van der Waals surface area contributed by atoms with Crippen molar-refractivity contribution < 1.29 is 9.59 Å². The lowest BCUT2D eigenvalue weighted by Crippen LogP contribution is -2.47. The summed E-state index contributed by atoms with van der Waals surface area (Å²) in [7, 11) is 0. The summed E-state index contributed by atoms with van der Waals surface area (Å²) in [5.41, 5.74) is 5.20. The molecule has 0 bridgehead atoms. The van der Waals surface area contributed by atoms with Crippen molar-refractivity contribution in [1.82, 2.24) is 4.90 Å². The van der Waals surface area contributed by atoms with E-state index in [0.29, 0.717) is 6.54 Å². The van der Waals surface area contributed by atoms with E-state index in [2.05, 4.69) is 0 Å². The zero-order chi connectivity index (χ0) is 10.0. The number of rotatable bonds is 1. The molecule has 1 aliphatic rings. The number of hydrogen-bond acceptors (Lipinski definition) is 2. The molecule has 2 N–H and O–H groups in total. The van der Waals surface area contributed by atoms with E-state index in [1.807, 2.05) is 6.92 Å². The van der Waals surface area contributed by atoms with Crippen molar-refractivity contribution in [3.63, 3.8) is 0 Å². The number of nitrogens with two attached hydrogens (primary N) is 1. The van der Waals surface area contributed by atoms with Crippen LogP contribution in [0.5, 0.6) is 0 Å². The number of likely N-dealkylation sites (tertiary alicyclic amines) is 1. The van der Waals surface area contributed by atoms with Gasteiger partial charge in [-0.05, 0) is 19.8 Å². The van der Waals surface area contributed by atoms with Crippen molar-refractivity contribution in [2.45, 2.75) is 32.7 Å². The third-order valence-corrected chi connectivity index (χ3v) is 2.69. The van der Waals surface area contributed by atoms with Crippen LogP contribution in [0.1, 0.15) is 26.7 Å². The maximum Gasteiger partial charge on any atom is 0.222 e. The molecule has 13 heavy (non-hydrogen) atoms. The quantitative estimate of drug-likeness (QED) is 0.629. The van der Waals surface area contributed by atoms with Gasteiger partial charge >= 0.3 is 0 Å². The lowest BCUT2D eigenvalue weighted by molar-refractivity contribution is -0.135. The highest BCUT2D eigenvalue weighted by Gasteiger charge is 2.29. The molecule has 0 saturated carbocycles. The lowest BCUT2D eigenvalue weighted by Gasteiger charge is -2.36. The molecular formula is C9H16N2O2. The molecular weight excluding hydrogens is 168 g/mol. The van der Waals surface area contributed by atoms with Gasteiger partial charge in [0, 0.05) is 19.5 Å². The zero-order valence-corrected chi connectivity index (χ0v) is 8.12. The standard InChI is InChI=1S/C9H16N2O2/c1-6-3-4-8(9(10)13)5-11(6)7(2)12/h6,8H,3-5H2,1-2H3,(H2,10,13)/t6-,8-/m1/s1. The molecule has 1 aliphatic heterocycles. The molecule has 0 aromatic heterocycles. The molecule has 0 aromatic carbocycles. The van der Waals surface area contributed by atoms with Gasteiger partial charge in [-0.15, -0.1) is 0 Å². The molecule has 0 aliphatic carbocycles. The molecule has 1 heterocycles. The second-order valence-electron chi connectivity index (χ2n) is 3.70. The molecule has 0 radical (unpaired) electrons. The SMILES string of the molecule is CC(=O)N1C[C@H](C(N)=O)CC[C@H]1C. The molecule has 2 atom stereocenters. The number of nitrogens with zero attached hydrogens (tertiary/aromatic N) is 1. The van der Waals surface area contributed by atoms with Gasteiger partial charge in [-0.1, -0.05) is 0 Å². The van der Waals surface area contributed by atoms with Crippen molar-refractivity contribution in [1.29, 1.82) is 0 Å². The van der Waals surface area contributed by atoms with Crippen LogP contribution in [0.15, 0.2) is 0 Å². The summed E-state index contributed by atoms with van der Waals surface area (Å²) in [6.45, 7) is 4.02. The predicted octanol–water partition coefficient (Wildman–Crippen LogP) is 0.119. The number of amides is 2. The monoisotopic (exact) mass is 184 g/mol. The highest BCUT2D eigenvalue weighted by Crippen LogP contribution is 2.21. The summed E-state index contributed by atoms with van der Waals surface area (Å²) < 4.78 is 0. The normalized spacial score (nSPS) is 28.6. The first kappa shape index (κ1) is 10.0. The summed E-state index contributed by atoms with van der Waals surface area (Å²) in [5, 5.41) is 0. The van der Waals surface area contributed by atoms with Gasteiger partial charge < -0.3 is 10.6 Å². The van der Waals surface area contributed by atoms with E-state index in [4.69, 9.17) is 5.73 Å². The minimum absolute atomic E-state index is 0.0263. The number of hydrogen-bond donors (Lipinski definition) is 1. The van der Waals surface area contributed by atoms with E-state index in [-0.39, 0.29) is 23.8 Å². The van der Waals surface area contributed by atoms with Crippen LogP contribution in [0, 0.1) is 5.92 Å². The molecule has 1 saturated heterocycles. The summed E-state index contributed by atoms with van der Waals surface area (Å²) >= 11 is 0. The fourth-order valence-corrected chi connectivity index (χ4v) is 1.78. The first-order valence-corrected chi connectivity index (χ1v) is 4.59. The maximum atomic E-state index is 11.2. The first-order chi connectivity index (χ1) is 6.02. The summed E-state index contributed by atoms with van der Waals surface area (Å²) in [6, 6.07) is 0.244. The Kier molecular flexibility index (Phi) is 2.90. The van der Waals surface area contributed by atoms with Gasteiger partial charge in [0.1, 0.15) is 0 Å². The van der Waals surface area contributed by atoms with Crippen molar-refractivity contribution in [3.05, 3.63) is 0 Å². The molecule has 1 rings (SSSR count). The fourth-order valence-electron chi connectivity index (χ4n) is 1.78. The second kappa shape index (κ2) is 3.77. The molecule has 0 unspecified atom stereocenters. The second-order valence-corrected chi connectivity index (χ2v) is 3.70. The van der Waals surface area contributed by atoms with Crippen molar-refractivity contribution >= 4 is 11.8 Å². The molecule has 0 spiro atoms. The largest absolute Gasteiger partial charge is 0.369 e. The van der Waals surface area contributed by atoms with Crippen LogP contribution >= 0.6 is 0 Å². The third-order valence-electron chi connectivity index (χ3n) is 2.69. The Hall–Kier alpha value is -1.06. The number of carbonyl (C=O) groups is 2. The topological polar surface area (TPSA) is 63.4 Å². The smallest absolute Gasteiger partial charge is 0.222 e. The highest BCUT2D eigenvalue weighted by atomic mass is 16.2. The lowest BCUT2D eigenvalue weighted by atomic mass is 9.93. The van der Waals surface area contributed by atoms with E-state index in [9.17, 15) is 9.59 Å². The van der Waals surface area contributed by atoms with Gasteiger partial charge in [0.05, 0.1) is 5.92 Å². The van der Waals surface area contributed by atoms with Gasteiger partial charge in [-0.3, -0.25) is 9.59 Å². The Morgan fingerprint density at radius 3 is 2.46 bits per heavy atom. The zero-order valence-electron chi connectivity index (χ0n) is 8.12.